The number of unbranched alkanes of at least 4 members (excludes halogenated alkanes) is 2. The standard InChI is InChI=1S/C14H26N2O4/c1-4-5-6-7-16(11(2)3)14(19)15-8-9-20-12(10-15)13(17)18/h11-12H,4-10H2,1-3H3,(H,17,18). The van der Waals surface area contributed by atoms with Gasteiger partial charge in [-0.15, -0.1) is 0 Å². The van der Waals surface area contributed by atoms with Gasteiger partial charge >= 0.3 is 12.0 Å². The molecule has 1 heterocycles. The average molecular weight is 286 g/mol. The van der Waals surface area contributed by atoms with Crippen molar-refractivity contribution in [2.75, 3.05) is 26.2 Å². The SMILES string of the molecule is CCCCCN(C(=O)N1CCOC(C(=O)O)C1)C(C)C. The molecule has 0 radical (unpaired) electrons. The Bertz CT molecular complexity index is 333. The van der Waals surface area contributed by atoms with Crippen molar-refractivity contribution in [2.24, 2.45) is 0 Å². The number of hydrogen-bond donors (Lipinski definition) is 1. The first-order valence-corrected chi connectivity index (χ1v) is 7.37. The van der Waals surface area contributed by atoms with E-state index in [-0.39, 0.29) is 25.2 Å². The normalized spacial score (nSPS) is 19.2. The molecule has 0 aliphatic carbocycles. The number of amides is 2. The maximum Gasteiger partial charge on any atom is 0.334 e. The molecule has 0 bridgehead atoms. The molecule has 0 spiro atoms. The molecular weight excluding hydrogens is 260 g/mol. The topological polar surface area (TPSA) is 70.1 Å². The van der Waals surface area contributed by atoms with Crippen LogP contribution in [-0.2, 0) is 9.53 Å². The number of aliphatic carboxylic acids is 1. The Morgan fingerprint density at radius 3 is 2.65 bits per heavy atom. The molecule has 20 heavy (non-hydrogen) atoms. The van der Waals surface area contributed by atoms with Gasteiger partial charge < -0.3 is 19.6 Å². The summed E-state index contributed by atoms with van der Waals surface area (Å²) in [6.07, 6.45) is 2.28. The zero-order valence-corrected chi connectivity index (χ0v) is 12.7. The molecule has 6 nitrogen and oxygen atoms in total. The molecule has 1 N–H and O–H groups in total. The lowest BCUT2D eigenvalue weighted by molar-refractivity contribution is -0.154. The van der Waals surface area contributed by atoms with Gasteiger partial charge in [0.1, 0.15) is 0 Å². The third-order valence-electron chi connectivity index (χ3n) is 3.48. The highest BCUT2D eigenvalue weighted by molar-refractivity contribution is 5.77. The van der Waals surface area contributed by atoms with Crippen molar-refractivity contribution in [2.45, 2.75) is 52.2 Å². The van der Waals surface area contributed by atoms with Gasteiger partial charge in [0.15, 0.2) is 6.10 Å². The van der Waals surface area contributed by atoms with Crippen LogP contribution in [0, 0.1) is 0 Å². The summed E-state index contributed by atoms with van der Waals surface area (Å²) in [5.74, 6) is -1.01. The molecule has 1 unspecified atom stereocenters. The maximum atomic E-state index is 12.5. The molecule has 1 saturated heterocycles. The molecule has 2 amide bonds. The second-order valence-corrected chi connectivity index (χ2v) is 5.42. The summed E-state index contributed by atoms with van der Waals surface area (Å²) in [7, 11) is 0. The van der Waals surface area contributed by atoms with E-state index in [9.17, 15) is 9.59 Å². The van der Waals surface area contributed by atoms with E-state index < -0.39 is 12.1 Å². The first-order valence-electron chi connectivity index (χ1n) is 7.37. The minimum Gasteiger partial charge on any atom is -0.479 e. The molecule has 116 valence electrons. The predicted octanol–water partition coefficient (Wildman–Crippen LogP) is 1.79. The predicted molar refractivity (Wildman–Crippen MR) is 75.7 cm³/mol. The number of hydrogen-bond acceptors (Lipinski definition) is 3. The Balaban J connectivity index is 2.61. The Morgan fingerprint density at radius 2 is 2.10 bits per heavy atom. The van der Waals surface area contributed by atoms with Crippen LogP contribution in [0.4, 0.5) is 4.79 Å². The van der Waals surface area contributed by atoms with E-state index in [1.165, 1.54) is 0 Å². The van der Waals surface area contributed by atoms with Crippen molar-refractivity contribution in [1.29, 1.82) is 0 Å². The number of carboxylic acid groups (broad SMARTS) is 1. The Hall–Kier alpha value is -1.30. The monoisotopic (exact) mass is 286 g/mol. The number of carbonyl (C=O) groups excluding carboxylic acids is 1. The van der Waals surface area contributed by atoms with Crippen LogP contribution in [0.5, 0.6) is 0 Å². The molecule has 1 aliphatic rings. The minimum absolute atomic E-state index is 0.0781. The van der Waals surface area contributed by atoms with Gasteiger partial charge in [-0.1, -0.05) is 19.8 Å². The van der Waals surface area contributed by atoms with Crippen LogP contribution in [0.2, 0.25) is 0 Å². The number of rotatable bonds is 6. The lowest BCUT2D eigenvalue weighted by atomic mass is 10.2. The van der Waals surface area contributed by atoms with Crippen molar-refractivity contribution in [3.05, 3.63) is 0 Å². The van der Waals surface area contributed by atoms with Crippen LogP contribution in [-0.4, -0.2) is 65.3 Å². The number of ether oxygens (including phenoxy) is 1. The Labute approximate surface area is 120 Å². The average Bonchev–Trinajstić information content (AvgIpc) is 2.42. The number of carboxylic acids is 1. The number of nitrogens with zero attached hydrogens (tertiary/aromatic N) is 2. The Kier molecular flexibility index (Phi) is 6.78. The van der Waals surface area contributed by atoms with Crippen molar-refractivity contribution >= 4 is 12.0 Å². The molecular formula is C14H26N2O4. The maximum absolute atomic E-state index is 12.5. The molecule has 0 aromatic heterocycles. The van der Waals surface area contributed by atoms with Crippen LogP contribution in [0.1, 0.15) is 40.0 Å². The molecule has 6 heteroatoms. The molecule has 0 aromatic rings. The number of urea groups is 1. The van der Waals surface area contributed by atoms with Gasteiger partial charge in [-0.2, -0.15) is 0 Å². The van der Waals surface area contributed by atoms with Gasteiger partial charge in [-0.25, -0.2) is 9.59 Å². The third kappa shape index (κ3) is 4.67. The molecule has 0 aromatic carbocycles. The smallest absolute Gasteiger partial charge is 0.334 e. The summed E-state index contributed by atoms with van der Waals surface area (Å²) in [6.45, 7) is 7.69. The quantitative estimate of drug-likeness (QED) is 0.756. The zero-order chi connectivity index (χ0) is 15.1. The Morgan fingerprint density at radius 1 is 1.40 bits per heavy atom. The highest BCUT2D eigenvalue weighted by atomic mass is 16.5. The van der Waals surface area contributed by atoms with Crippen LogP contribution in [0.15, 0.2) is 0 Å². The first kappa shape index (κ1) is 16.8. The van der Waals surface area contributed by atoms with E-state index >= 15 is 0 Å². The molecule has 1 aliphatic heterocycles. The van der Waals surface area contributed by atoms with Crippen molar-refractivity contribution < 1.29 is 19.4 Å². The van der Waals surface area contributed by atoms with E-state index in [1.807, 2.05) is 18.7 Å². The fourth-order valence-electron chi connectivity index (χ4n) is 2.26. The summed E-state index contributed by atoms with van der Waals surface area (Å²) in [5, 5.41) is 8.98. The zero-order valence-electron chi connectivity index (χ0n) is 12.7. The van der Waals surface area contributed by atoms with E-state index in [1.54, 1.807) is 4.90 Å². The van der Waals surface area contributed by atoms with Crippen molar-refractivity contribution in [3.63, 3.8) is 0 Å². The fraction of sp³-hybridized carbons (Fsp3) is 0.857. The third-order valence-corrected chi connectivity index (χ3v) is 3.48. The lowest BCUT2D eigenvalue weighted by Gasteiger charge is -2.37. The molecule has 1 rings (SSSR count). The van der Waals surface area contributed by atoms with E-state index in [0.717, 1.165) is 25.8 Å². The summed E-state index contributed by atoms with van der Waals surface area (Å²) in [6, 6.07) is 0.0381. The van der Waals surface area contributed by atoms with Crippen molar-refractivity contribution in [1.82, 2.24) is 9.80 Å². The van der Waals surface area contributed by atoms with Gasteiger partial charge in [0.05, 0.1) is 13.2 Å². The van der Waals surface area contributed by atoms with Crippen LogP contribution in [0.3, 0.4) is 0 Å². The highest BCUT2D eigenvalue weighted by Crippen LogP contribution is 2.12. The summed E-state index contributed by atoms with van der Waals surface area (Å²) in [4.78, 5) is 26.9. The summed E-state index contributed by atoms with van der Waals surface area (Å²) in [5.41, 5.74) is 0. The van der Waals surface area contributed by atoms with Gasteiger partial charge in [0.2, 0.25) is 0 Å². The summed E-state index contributed by atoms with van der Waals surface area (Å²) >= 11 is 0. The second-order valence-electron chi connectivity index (χ2n) is 5.42. The van der Waals surface area contributed by atoms with Crippen LogP contribution < -0.4 is 0 Å². The van der Waals surface area contributed by atoms with Gasteiger partial charge in [0, 0.05) is 19.1 Å². The number of morpholine rings is 1. The number of carbonyl (C=O) groups is 2. The van der Waals surface area contributed by atoms with Crippen molar-refractivity contribution in [3.8, 4) is 0 Å². The molecule has 1 atom stereocenters. The van der Waals surface area contributed by atoms with Crippen LogP contribution in [0.25, 0.3) is 0 Å². The van der Waals surface area contributed by atoms with Gasteiger partial charge in [0.25, 0.3) is 0 Å². The van der Waals surface area contributed by atoms with E-state index in [2.05, 4.69) is 6.92 Å². The van der Waals surface area contributed by atoms with Gasteiger partial charge in [-0.3, -0.25) is 0 Å². The lowest BCUT2D eigenvalue weighted by Crippen LogP contribution is -2.54. The van der Waals surface area contributed by atoms with E-state index in [0.29, 0.717) is 6.54 Å². The molecule has 0 saturated carbocycles. The van der Waals surface area contributed by atoms with Gasteiger partial charge in [-0.05, 0) is 20.3 Å². The molecule has 1 fully saturated rings. The fourth-order valence-corrected chi connectivity index (χ4v) is 2.26. The van der Waals surface area contributed by atoms with E-state index in [4.69, 9.17) is 9.84 Å². The largest absolute Gasteiger partial charge is 0.479 e. The highest BCUT2D eigenvalue weighted by Gasteiger charge is 2.31. The second kappa shape index (κ2) is 8.09. The minimum atomic E-state index is -1.01. The first-order chi connectivity index (χ1) is 9.47. The van der Waals surface area contributed by atoms with Crippen LogP contribution >= 0.6 is 0 Å². The summed E-state index contributed by atoms with van der Waals surface area (Å²) < 4.78 is 5.15.